The molecule has 4 N–H and O–H groups in total. The number of carbonyl (C=O) groups is 2. The van der Waals surface area contributed by atoms with Crippen LogP contribution in [-0.4, -0.2) is 56.7 Å². The Kier molecular flexibility index (Phi) is 11.8. The van der Waals surface area contributed by atoms with Crippen molar-refractivity contribution in [2.45, 2.75) is 19.1 Å². The van der Waals surface area contributed by atoms with E-state index in [1.54, 1.807) is 44.6 Å². The fraction of sp³-hybridized carbons (Fsp3) is 0.304. The number of nitrogens with two attached hydrogens (primary N) is 1. The summed E-state index contributed by atoms with van der Waals surface area (Å²) < 4.78 is 20.5. The van der Waals surface area contributed by atoms with E-state index in [1.165, 1.54) is 6.92 Å². The molecule has 0 aliphatic rings. The zero-order chi connectivity index (χ0) is 23.5. The lowest BCUT2D eigenvalue weighted by Gasteiger charge is -2.14. The highest BCUT2D eigenvalue weighted by Crippen LogP contribution is 2.24. The van der Waals surface area contributed by atoms with E-state index < -0.39 is 24.2 Å². The third kappa shape index (κ3) is 9.40. The first kappa shape index (κ1) is 27.8. The highest BCUT2D eigenvalue weighted by Gasteiger charge is 2.18. The smallest absolute Gasteiger partial charge is 0.497 e. The van der Waals surface area contributed by atoms with E-state index in [4.69, 9.17) is 24.7 Å². The first-order valence-corrected chi connectivity index (χ1v) is 9.89. The van der Waals surface area contributed by atoms with Crippen LogP contribution < -0.4 is 25.3 Å². The van der Waals surface area contributed by atoms with Crippen LogP contribution in [0.4, 0.5) is 4.79 Å². The van der Waals surface area contributed by atoms with Gasteiger partial charge in [-0.25, -0.2) is 4.79 Å². The van der Waals surface area contributed by atoms with E-state index in [0.29, 0.717) is 17.2 Å². The fourth-order valence-corrected chi connectivity index (χ4v) is 2.54. The van der Waals surface area contributed by atoms with Crippen LogP contribution in [0, 0.1) is 0 Å². The summed E-state index contributed by atoms with van der Waals surface area (Å²) in [4.78, 5) is 23.3. The van der Waals surface area contributed by atoms with Gasteiger partial charge in [-0.1, -0.05) is 24.3 Å². The van der Waals surface area contributed by atoms with Crippen molar-refractivity contribution in [3.05, 3.63) is 53.6 Å². The Labute approximate surface area is 198 Å². The highest BCUT2D eigenvalue weighted by atomic mass is 35.5. The highest BCUT2D eigenvalue weighted by molar-refractivity contribution is 5.85. The lowest BCUT2D eigenvalue weighted by atomic mass is 10.1. The Hall–Kier alpha value is -3.27. The first-order chi connectivity index (χ1) is 15.3. The summed E-state index contributed by atoms with van der Waals surface area (Å²) in [5.41, 5.74) is 7.29. The van der Waals surface area contributed by atoms with Gasteiger partial charge in [-0.2, -0.15) is 0 Å². The third-order valence-corrected chi connectivity index (χ3v) is 4.37. The van der Waals surface area contributed by atoms with E-state index in [9.17, 15) is 14.7 Å². The molecule has 0 aliphatic heterocycles. The molecule has 9 nitrogen and oxygen atoms in total. The summed E-state index contributed by atoms with van der Waals surface area (Å²) in [6.45, 7) is 1.37. The molecule has 2 aromatic rings. The van der Waals surface area contributed by atoms with E-state index in [-0.39, 0.29) is 25.6 Å². The maximum atomic E-state index is 11.8. The number of hydrogen-bond acceptors (Lipinski definition) is 8. The van der Waals surface area contributed by atoms with Crippen molar-refractivity contribution in [2.24, 2.45) is 5.73 Å². The molecular weight excluding hydrogens is 452 g/mol. The fourth-order valence-electron chi connectivity index (χ4n) is 2.54. The van der Waals surface area contributed by atoms with Gasteiger partial charge in [-0.15, -0.1) is 12.4 Å². The molecule has 2 unspecified atom stereocenters. The molecule has 2 aromatic carbocycles. The Morgan fingerprint density at radius 2 is 1.58 bits per heavy atom. The van der Waals surface area contributed by atoms with Gasteiger partial charge in [0.05, 0.1) is 26.9 Å². The van der Waals surface area contributed by atoms with Gasteiger partial charge >= 0.3 is 6.16 Å². The average molecular weight is 481 g/mol. The van der Waals surface area contributed by atoms with E-state index in [0.717, 1.165) is 11.1 Å². The zero-order valence-corrected chi connectivity index (χ0v) is 19.5. The largest absolute Gasteiger partial charge is 0.513 e. The lowest BCUT2D eigenvalue weighted by Crippen LogP contribution is -2.47. The number of ether oxygens (including phenoxy) is 4. The van der Waals surface area contributed by atoms with Crippen molar-refractivity contribution in [3.8, 4) is 17.2 Å². The molecule has 0 fully saturated rings. The molecule has 0 saturated carbocycles. The summed E-state index contributed by atoms with van der Waals surface area (Å²) in [5, 5.41) is 11.7. The Bertz CT molecular complexity index is 911. The van der Waals surface area contributed by atoms with Crippen LogP contribution in [0.15, 0.2) is 42.5 Å². The van der Waals surface area contributed by atoms with Crippen molar-refractivity contribution in [3.63, 3.8) is 0 Å². The number of methoxy groups -OCH3 is 2. The summed E-state index contributed by atoms with van der Waals surface area (Å²) in [7, 11) is 3.18. The maximum absolute atomic E-state index is 11.8. The molecule has 0 saturated heterocycles. The van der Waals surface area contributed by atoms with Crippen LogP contribution in [0.2, 0.25) is 0 Å². The second-order valence-corrected chi connectivity index (χ2v) is 6.81. The van der Waals surface area contributed by atoms with E-state index in [1.807, 2.05) is 24.3 Å². The van der Waals surface area contributed by atoms with Crippen molar-refractivity contribution in [1.29, 1.82) is 0 Å². The molecule has 180 valence electrons. The van der Waals surface area contributed by atoms with E-state index in [2.05, 4.69) is 5.32 Å². The van der Waals surface area contributed by atoms with Gasteiger partial charge in [0.2, 0.25) is 5.91 Å². The zero-order valence-electron chi connectivity index (χ0n) is 18.6. The molecule has 0 aliphatic carbocycles. The van der Waals surface area contributed by atoms with Crippen LogP contribution in [0.3, 0.4) is 0 Å². The van der Waals surface area contributed by atoms with Gasteiger partial charge in [0.25, 0.3) is 0 Å². The quantitative estimate of drug-likeness (QED) is 0.205. The number of rotatable bonds is 10. The summed E-state index contributed by atoms with van der Waals surface area (Å²) >= 11 is 0. The minimum absolute atomic E-state index is 0. The van der Waals surface area contributed by atoms with Crippen LogP contribution in [0.5, 0.6) is 17.2 Å². The third-order valence-electron chi connectivity index (χ3n) is 4.37. The summed E-state index contributed by atoms with van der Waals surface area (Å²) in [5.74, 6) is 1.16. The van der Waals surface area contributed by atoms with Gasteiger partial charge in [0.15, 0.2) is 0 Å². The number of benzene rings is 2. The topological polar surface area (TPSA) is 129 Å². The summed E-state index contributed by atoms with van der Waals surface area (Å²) in [6, 6.07) is 11.4. The molecule has 0 heterocycles. The first-order valence-electron chi connectivity index (χ1n) is 9.89. The molecule has 10 heteroatoms. The Balaban J connectivity index is 0.00000544. The Morgan fingerprint density at radius 3 is 2.12 bits per heavy atom. The van der Waals surface area contributed by atoms with Crippen molar-refractivity contribution in [2.75, 3.05) is 27.4 Å². The average Bonchev–Trinajstić information content (AvgIpc) is 2.80. The predicted molar refractivity (Wildman–Crippen MR) is 127 cm³/mol. The Morgan fingerprint density at radius 1 is 1.00 bits per heavy atom. The molecule has 0 radical (unpaired) electrons. The normalized spacial score (nSPS) is 12.3. The number of aliphatic hydroxyl groups excluding tert-OH is 1. The molecule has 33 heavy (non-hydrogen) atoms. The van der Waals surface area contributed by atoms with Crippen LogP contribution in [-0.2, 0) is 9.53 Å². The molecule has 1 amide bonds. The van der Waals surface area contributed by atoms with E-state index >= 15 is 0 Å². The molecule has 2 atom stereocenters. The van der Waals surface area contributed by atoms with Crippen molar-refractivity contribution >= 4 is 36.6 Å². The van der Waals surface area contributed by atoms with Crippen LogP contribution in [0.1, 0.15) is 18.1 Å². The lowest BCUT2D eigenvalue weighted by molar-refractivity contribution is -0.124. The number of nitrogens with one attached hydrogen (secondary N) is 1. The molecule has 0 bridgehead atoms. The van der Waals surface area contributed by atoms with Gasteiger partial charge < -0.3 is 35.1 Å². The molecule has 0 aromatic heterocycles. The molecule has 0 spiro atoms. The standard InChI is InChI=1S/C23H28N2O7.ClH/c1-15(26)21(24)22(27)25-10-11-31-23(28)32-18-8-6-16(7-9-18)4-5-17-12-19(29-2)14-20(13-17)30-3;/h4-9,12-15,21,26H,10-11,24H2,1-3H3,(H,25,27);1H. The maximum Gasteiger partial charge on any atom is 0.513 e. The van der Waals surface area contributed by atoms with Crippen molar-refractivity contribution in [1.82, 2.24) is 5.32 Å². The number of carbonyl (C=O) groups excluding carboxylic acids is 2. The number of halogens is 1. The van der Waals surface area contributed by atoms with Crippen LogP contribution in [0.25, 0.3) is 12.2 Å². The minimum atomic E-state index is -1.04. The second-order valence-electron chi connectivity index (χ2n) is 6.81. The van der Waals surface area contributed by atoms with Gasteiger partial charge in [-0.3, -0.25) is 4.79 Å². The minimum Gasteiger partial charge on any atom is -0.497 e. The van der Waals surface area contributed by atoms with Gasteiger partial charge in [0, 0.05) is 6.07 Å². The van der Waals surface area contributed by atoms with Gasteiger partial charge in [0.1, 0.15) is 29.9 Å². The van der Waals surface area contributed by atoms with Crippen molar-refractivity contribution < 1.29 is 33.6 Å². The van der Waals surface area contributed by atoms with Crippen LogP contribution >= 0.6 is 12.4 Å². The summed E-state index contributed by atoms with van der Waals surface area (Å²) in [6.07, 6.45) is 1.94. The second kappa shape index (κ2) is 14.0. The molecule has 2 rings (SSSR count). The SMILES string of the molecule is COc1cc(C=Cc2ccc(OC(=O)OCCNC(=O)C(N)C(C)O)cc2)cc(OC)c1.Cl. The van der Waals surface area contributed by atoms with Gasteiger partial charge in [-0.05, 0) is 42.3 Å². The number of amides is 1. The number of aliphatic hydroxyl groups is 1. The number of hydrogen-bond donors (Lipinski definition) is 3. The monoisotopic (exact) mass is 480 g/mol. The molecular formula is C23H29ClN2O7. The predicted octanol–water partition coefficient (Wildman–Crippen LogP) is 2.64.